The molecule has 4 aromatic rings. The van der Waals surface area contributed by atoms with Crippen LogP contribution < -0.4 is 5.32 Å². The summed E-state index contributed by atoms with van der Waals surface area (Å²) in [5.74, 6) is -1.42. The van der Waals surface area contributed by atoms with E-state index < -0.39 is 21.8 Å². The lowest BCUT2D eigenvalue weighted by molar-refractivity contribution is 0.326. The van der Waals surface area contributed by atoms with Gasteiger partial charge in [0.05, 0.1) is 18.6 Å². The first-order valence-electron chi connectivity index (χ1n) is 11.4. The molecule has 0 amide bonds. The number of hydrogen-bond donors (Lipinski definition) is 1. The molecule has 184 valence electrons. The zero-order chi connectivity index (χ0) is 25.3. The van der Waals surface area contributed by atoms with E-state index in [1.807, 2.05) is 48.5 Å². The second kappa shape index (κ2) is 9.75. The van der Waals surface area contributed by atoms with Crippen LogP contribution in [-0.4, -0.2) is 31.2 Å². The summed E-state index contributed by atoms with van der Waals surface area (Å²) in [6.45, 7) is 0.0878. The van der Waals surface area contributed by atoms with Crippen molar-refractivity contribution in [3.05, 3.63) is 107 Å². The van der Waals surface area contributed by atoms with Gasteiger partial charge < -0.3 is 5.32 Å². The van der Waals surface area contributed by atoms with Gasteiger partial charge in [-0.05, 0) is 59.4 Å². The summed E-state index contributed by atoms with van der Waals surface area (Å²) < 4.78 is 54.5. The Hall–Kier alpha value is -3.69. The highest BCUT2D eigenvalue weighted by molar-refractivity contribution is 7.85. The SMILES string of the molecule is CS(=O)(=O)OCCc1ccc(Nc2ncc3c(n2)-c2ccccc2[C@H](c2ccc(F)c(F)c2)C3)cc1. The second-order valence-corrected chi connectivity index (χ2v) is 10.3. The van der Waals surface area contributed by atoms with E-state index in [1.165, 1.54) is 6.07 Å². The molecule has 0 fully saturated rings. The van der Waals surface area contributed by atoms with E-state index in [-0.39, 0.29) is 12.5 Å². The molecule has 9 heteroatoms. The molecule has 36 heavy (non-hydrogen) atoms. The standard InChI is InChI=1S/C27H23F2N3O3S/c1-36(33,34)35-13-12-17-6-9-20(10-7-17)31-27-30-16-19-14-23(18-8-11-24(28)25(29)15-18)21-4-2-3-5-22(21)26(19)32-27/h2-11,15-16,23H,12-14H2,1H3,(H,30,31,32)/t23-/m0/s1. The van der Waals surface area contributed by atoms with Gasteiger partial charge in [-0.1, -0.05) is 42.5 Å². The van der Waals surface area contributed by atoms with Crippen molar-refractivity contribution in [2.45, 2.75) is 18.8 Å². The van der Waals surface area contributed by atoms with Crippen LogP contribution in [0, 0.1) is 11.6 Å². The molecule has 5 rings (SSSR count). The van der Waals surface area contributed by atoms with E-state index in [9.17, 15) is 17.2 Å². The number of nitrogens with zero attached hydrogens (tertiary/aromatic N) is 2. The minimum Gasteiger partial charge on any atom is -0.324 e. The van der Waals surface area contributed by atoms with Gasteiger partial charge in [-0.2, -0.15) is 8.42 Å². The van der Waals surface area contributed by atoms with Crippen LogP contribution in [0.5, 0.6) is 0 Å². The third-order valence-electron chi connectivity index (χ3n) is 6.12. The second-order valence-electron chi connectivity index (χ2n) is 8.68. The largest absolute Gasteiger partial charge is 0.324 e. The molecule has 0 aliphatic heterocycles. The highest BCUT2D eigenvalue weighted by Gasteiger charge is 2.28. The fourth-order valence-corrected chi connectivity index (χ4v) is 4.80. The molecule has 1 atom stereocenters. The summed E-state index contributed by atoms with van der Waals surface area (Å²) in [4.78, 5) is 9.24. The lowest BCUT2D eigenvalue weighted by atomic mass is 9.78. The molecule has 0 spiro atoms. The van der Waals surface area contributed by atoms with E-state index in [0.29, 0.717) is 24.4 Å². The first-order chi connectivity index (χ1) is 17.3. The minimum atomic E-state index is -3.46. The number of benzene rings is 3. The van der Waals surface area contributed by atoms with Crippen molar-refractivity contribution in [2.75, 3.05) is 18.2 Å². The van der Waals surface area contributed by atoms with Gasteiger partial charge in [0.15, 0.2) is 11.6 Å². The zero-order valence-corrected chi connectivity index (χ0v) is 20.2. The van der Waals surface area contributed by atoms with Gasteiger partial charge in [0, 0.05) is 23.4 Å². The summed E-state index contributed by atoms with van der Waals surface area (Å²) in [5.41, 5.74) is 6.09. The van der Waals surface area contributed by atoms with Crippen molar-refractivity contribution < 1.29 is 21.4 Å². The Kier molecular flexibility index (Phi) is 6.51. The van der Waals surface area contributed by atoms with Gasteiger partial charge in [0.25, 0.3) is 10.1 Å². The van der Waals surface area contributed by atoms with Crippen molar-refractivity contribution >= 4 is 21.8 Å². The Morgan fingerprint density at radius 1 is 1.03 bits per heavy atom. The summed E-state index contributed by atoms with van der Waals surface area (Å²) in [7, 11) is -3.46. The summed E-state index contributed by atoms with van der Waals surface area (Å²) >= 11 is 0. The van der Waals surface area contributed by atoms with E-state index in [0.717, 1.165) is 46.0 Å². The Balaban J connectivity index is 1.37. The molecule has 0 saturated heterocycles. The molecule has 1 aliphatic rings. The average Bonchev–Trinajstić information content (AvgIpc) is 2.86. The topological polar surface area (TPSA) is 81.2 Å². The van der Waals surface area contributed by atoms with Crippen LogP contribution in [0.2, 0.25) is 0 Å². The molecule has 3 aromatic carbocycles. The number of hydrogen-bond acceptors (Lipinski definition) is 6. The van der Waals surface area contributed by atoms with Gasteiger partial charge in [-0.25, -0.2) is 18.7 Å². The van der Waals surface area contributed by atoms with Crippen molar-refractivity contribution in [1.29, 1.82) is 0 Å². The number of aromatic nitrogens is 2. The van der Waals surface area contributed by atoms with Crippen molar-refractivity contribution in [1.82, 2.24) is 9.97 Å². The van der Waals surface area contributed by atoms with Gasteiger partial charge in [0.1, 0.15) is 0 Å². The number of rotatable bonds is 7. The maximum atomic E-state index is 14.0. The van der Waals surface area contributed by atoms with Crippen molar-refractivity contribution in [2.24, 2.45) is 0 Å². The van der Waals surface area contributed by atoms with E-state index >= 15 is 0 Å². The average molecular weight is 508 g/mol. The summed E-state index contributed by atoms with van der Waals surface area (Å²) in [6, 6.07) is 19.4. The molecular formula is C27H23F2N3O3S. The lowest BCUT2D eigenvalue weighted by Gasteiger charge is -2.27. The van der Waals surface area contributed by atoms with Crippen LogP contribution in [0.3, 0.4) is 0 Å². The monoisotopic (exact) mass is 507 g/mol. The number of nitrogens with one attached hydrogen (secondary N) is 1. The number of anilines is 2. The third kappa shape index (κ3) is 5.27. The van der Waals surface area contributed by atoms with Crippen LogP contribution in [0.15, 0.2) is 72.9 Å². The molecule has 1 aliphatic carbocycles. The number of halogens is 2. The van der Waals surface area contributed by atoms with E-state index in [2.05, 4.69) is 10.3 Å². The van der Waals surface area contributed by atoms with Crippen molar-refractivity contribution in [3.63, 3.8) is 0 Å². The molecule has 0 saturated carbocycles. The van der Waals surface area contributed by atoms with Crippen LogP contribution in [0.4, 0.5) is 20.4 Å². The Morgan fingerprint density at radius 3 is 2.56 bits per heavy atom. The first kappa shape index (κ1) is 24.0. The summed E-state index contributed by atoms with van der Waals surface area (Å²) in [6.07, 6.45) is 3.84. The van der Waals surface area contributed by atoms with Gasteiger partial charge in [-0.3, -0.25) is 4.18 Å². The van der Waals surface area contributed by atoms with E-state index in [1.54, 1.807) is 12.3 Å². The third-order valence-corrected chi connectivity index (χ3v) is 6.72. The van der Waals surface area contributed by atoms with Crippen LogP contribution in [-0.2, 0) is 27.1 Å². The van der Waals surface area contributed by atoms with Gasteiger partial charge in [0.2, 0.25) is 5.95 Å². The molecule has 6 nitrogen and oxygen atoms in total. The van der Waals surface area contributed by atoms with Crippen LogP contribution >= 0.6 is 0 Å². The molecule has 1 N–H and O–H groups in total. The van der Waals surface area contributed by atoms with Crippen LogP contribution in [0.25, 0.3) is 11.3 Å². The zero-order valence-electron chi connectivity index (χ0n) is 19.4. The fraction of sp³-hybridized carbons (Fsp3) is 0.185. The predicted molar refractivity (Wildman–Crippen MR) is 134 cm³/mol. The maximum Gasteiger partial charge on any atom is 0.264 e. The molecule has 0 radical (unpaired) electrons. The Bertz CT molecular complexity index is 1530. The maximum absolute atomic E-state index is 14.0. The summed E-state index contributed by atoms with van der Waals surface area (Å²) in [5, 5.41) is 3.21. The molecule has 0 unspecified atom stereocenters. The predicted octanol–water partition coefficient (Wildman–Crippen LogP) is 5.37. The van der Waals surface area contributed by atoms with Crippen molar-refractivity contribution in [3.8, 4) is 11.3 Å². The highest BCUT2D eigenvalue weighted by atomic mass is 32.2. The first-order valence-corrected chi connectivity index (χ1v) is 13.2. The van der Waals surface area contributed by atoms with E-state index in [4.69, 9.17) is 9.17 Å². The quantitative estimate of drug-likeness (QED) is 0.339. The molecule has 1 aromatic heterocycles. The molecular weight excluding hydrogens is 484 g/mol. The normalized spacial score (nSPS) is 14.7. The highest BCUT2D eigenvalue weighted by Crippen LogP contribution is 2.42. The van der Waals surface area contributed by atoms with Crippen LogP contribution in [0.1, 0.15) is 28.2 Å². The molecule has 1 heterocycles. The Labute approximate surface area is 208 Å². The number of fused-ring (bicyclic) bond motifs is 3. The minimum absolute atomic E-state index is 0.0878. The lowest BCUT2D eigenvalue weighted by Crippen LogP contribution is -2.15. The fourth-order valence-electron chi connectivity index (χ4n) is 4.42. The van der Waals surface area contributed by atoms with Gasteiger partial charge in [-0.15, -0.1) is 0 Å². The Morgan fingerprint density at radius 2 is 1.81 bits per heavy atom. The van der Waals surface area contributed by atoms with Gasteiger partial charge >= 0.3 is 0 Å². The molecule has 0 bridgehead atoms. The smallest absolute Gasteiger partial charge is 0.264 e.